The molecule has 1 aliphatic heterocycles. The fourth-order valence-electron chi connectivity index (χ4n) is 2.03. The van der Waals surface area contributed by atoms with Crippen LogP contribution in [0.3, 0.4) is 0 Å². The summed E-state index contributed by atoms with van der Waals surface area (Å²) in [5.41, 5.74) is 0.369. The zero-order chi connectivity index (χ0) is 13.0. The van der Waals surface area contributed by atoms with Crippen LogP contribution < -0.4 is 10.6 Å². The van der Waals surface area contributed by atoms with Crippen LogP contribution >= 0.6 is 0 Å². The smallest absolute Gasteiger partial charge is 0.237 e. The van der Waals surface area contributed by atoms with Gasteiger partial charge in [0.25, 0.3) is 0 Å². The van der Waals surface area contributed by atoms with E-state index in [1.54, 1.807) is 0 Å². The van der Waals surface area contributed by atoms with E-state index in [2.05, 4.69) is 10.6 Å². The number of carbonyl (C=O) groups excluding carboxylic acids is 1. The number of carbonyl (C=O) groups is 1. The lowest BCUT2D eigenvalue weighted by molar-refractivity contribution is -0.122. The summed E-state index contributed by atoms with van der Waals surface area (Å²) in [4.78, 5) is 11.6. The van der Waals surface area contributed by atoms with Crippen LogP contribution in [-0.2, 0) is 11.3 Å². The Bertz CT molecular complexity index is 437. The van der Waals surface area contributed by atoms with Gasteiger partial charge >= 0.3 is 0 Å². The summed E-state index contributed by atoms with van der Waals surface area (Å²) >= 11 is 0. The molecular formula is C13H16F2N2O. The Hall–Kier alpha value is -1.49. The van der Waals surface area contributed by atoms with Crippen LogP contribution in [0.25, 0.3) is 0 Å². The van der Waals surface area contributed by atoms with Crippen molar-refractivity contribution in [2.45, 2.75) is 31.8 Å². The van der Waals surface area contributed by atoms with Gasteiger partial charge in [-0.1, -0.05) is 6.07 Å². The maximum atomic E-state index is 13.4. The fraction of sp³-hybridized carbons (Fsp3) is 0.462. The van der Waals surface area contributed by atoms with Crippen LogP contribution in [0.15, 0.2) is 18.2 Å². The Kier molecular flexibility index (Phi) is 4.25. The van der Waals surface area contributed by atoms with E-state index in [4.69, 9.17) is 0 Å². The molecule has 1 aromatic carbocycles. The number of hydrogen-bond acceptors (Lipinski definition) is 2. The second kappa shape index (κ2) is 5.91. The predicted molar refractivity (Wildman–Crippen MR) is 63.8 cm³/mol. The number of amides is 1. The molecule has 3 nitrogen and oxygen atoms in total. The van der Waals surface area contributed by atoms with E-state index in [1.807, 2.05) is 0 Å². The summed E-state index contributed by atoms with van der Waals surface area (Å²) in [6.45, 7) is 0.923. The Morgan fingerprint density at radius 2 is 2.17 bits per heavy atom. The van der Waals surface area contributed by atoms with Crippen molar-refractivity contribution in [1.29, 1.82) is 0 Å². The van der Waals surface area contributed by atoms with Crippen molar-refractivity contribution < 1.29 is 13.6 Å². The van der Waals surface area contributed by atoms with Gasteiger partial charge in [-0.3, -0.25) is 4.79 Å². The lowest BCUT2D eigenvalue weighted by Crippen LogP contribution is -2.42. The molecule has 0 unspecified atom stereocenters. The number of nitrogens with one attached hydrogen (secondary N) is 2. The molecule has 1 fully saturated rings. The summed E-state index contributed by atoms with van der Waals surface area (Å²) < 4.78 is 26.1. The van der Waals surface area contributed by atoms with Gasteiger partial charge in [-0.25, -0.2) is 8.78 Å². The topological polar surface area (TPSA) is 41.1 Å². The molecule has 1 amide bonds. The van der Waals surface area contributed by atoms with Gasteiger partial charge in [-0.2, -0.15) is 0 Å². The van der Waals surface area contributed by atoms with E-state index < -0.39 is 11.6 Å². The minimum atomic E-state index is -0.594. The molecule has 0 bridgehead atoms. The van der Waals surface area contributed by atoms with Crippen LogP contribution in [-0.4, -0.2) is 18.5 Å². The molecule has 1 heterocycles. The molecule has 2 N–H and O–H groups in total. The van der Waals surface area contributed by atoms with E-state index >= 15 is 0 Å². The Labute approximate surface area is 105 Å². The molecule has 0 radical (unpaired) electrons. The first kappa shape index (κ1) is 13.0. The van der Waals surface area contributed by atoms with E-state index in [9.17, 15) is 13.6 Å². The third-order valence-corrected chi connectivity index (χ3v) is 3.09. The Morgan fingerprint density at radius 3 is 2.94 bits per heavy atom. The van der Waals surface area contributed by atoms with Gasteiger partial charge in [-0.15, -0.1) is 0 Å². The molecule has 0 aromatic heterocycles. The monoisotopic (exact) mass is 254 g/mol. The highest BCUT2D eigenvalue weighted by Crippen LogP contribution is 2.11. The van der Waals surface area contributed by atoms with Gasteiger partial charge in [0.15, 0.2) is 0 Å². The summed E-state index contributed by atoms with van der Waals surface area (Å²) in [5.74, 6) is -1.23. The summed E-state index contributed by atoms with van der Waals surface area (Å²) in [5, 5.41) is 5.81. The van der Waals surface area contributed by atoms with Crippen molar-refractivity contribution in [3.05, 3.63) is 35.4 Å². The summed E-state index contributed by atoms with van der Waals surface area (Å²) in [6.07, 6.45) is 2.67. The lowest BCUT2D eigenvalue weighted by Gasteiger charge is -2.15. The molecule has 2 rings (SSSR count). The SMILES string of the molecule is O=C1NCCCC[C@@H]1NCc1ccc(F)cc1F. The molecule has 18 heavy (non-hydrogen) atoms. The maximum absolute atomic E-state index is 13.4. The van der Waals surface area contributed by atoms with E-state index in [-0.39, 0.29) is 18.5 Å². The van der Waals surface area contributed by atoms with Gasteiger partial charge in [0.1, 0.15) is 11.6 Å². The van der Waals surface area contributed by atoms with E-state index in [1.165, 1.54) is 12.1 Å². The van der Waals surface area contributed by atoms with Gasteiger partial charge in [0, 0.05) is 24.7 Å². The van der Waals surface area contributed by atoms with Crippen LogP contribution in [0.2, 0.25) is 0 Å². The van der Waals surface area contributed by atoms with Crippen molar-refractivity contribution in [2.24, 2.45) is 0 Å². The van der Waals surface area contributed by atoms with Crippen molar-refractivity contribution in [3.63, 3.8) is 0 Å². The van der Waals surface area contributed by atoms with E-state index in [0.717, 1.165) is 25.3 Å². The van der Waals surface area contributed by atoms with Crippen LogP contribution in [0.4, 0.5) is 8.78 Å². The quantitative estimate of drug-likeness (QED) is 0.862. The highest BCUT2D eigenvalue weighted by atomic mass is 19.1. The first-order chi connectivity index (χ1) is 8.66. The lowest BCUT2D eigenvalue weighted by atomic mass is 10.1. The molecular weight excluding hydrogens is 238 g/mol. The molecule has 0 aliphatic carbocycles. The molecule has 98 valence electrons. The molecule has 1 aromatic rings. The molecule has 5 heteroatoms. The van der Waals surface area contributed by atoms with Gasteiger partial charge in [0.05, 0.1) is 6.04 Å². The minimum absolute atomic E-state index is 0.0463. The molecule has 1 saturated heterocycles. The zero-order valence-electron chi connectivity index (χ0n) is 10.0. The van der Waals surface area contributed by atoms with Crippen molar-refractivity contribution in [2.75, 3.05) is 6.54 Å². The number of halogens is 2. The Balaban J connectivity index is 1.95. The van der Waals surface area contributed by atoms with Gasteiger partial charge in [-0.05, 0) is 25.3 Å². The minimum Gasteiger partial charge on any atom is -0.355 e. The first-order valence-electron chi connectivity index (χ1n) is 6.12. The summed E-state index contributed by atoms with van der Waals surface area (Å²) in [7, 11) is 0. The third kappa shape index (κ3) is 3.26. The molecule has 1 aliphatic rings. The van der Waals surface area contributed by atoms with Crippen molar-refractivity contribution in [3.8, 4) is 0 Å². The zero-order valence-corrected chi connectivity index (χ0v) is 10.0. The number of hydrogen-bond donors (Lipinski definition) is 2. The fourth-order valence-corrected chi connectivity index (χ4v) is 2.03. The van der Waals surface area contributed by atoms with Crippen molar-refractivity contribution in [1.82, 2.24) is 10.6 Å². The number of benzene rings is 1. The van der Waals surface area contributed by atoms with Gasteiger partial charge in [0.2, 0.25) is 5.91 Å². The van der Waals surface area contributed by atoms with Gasteiger partial charge < -0.3 is 10.6 Å². The largest absolute Gasteiger partial charge is 0.355 e. The van der Waals surface area contributed by atoms with E-state index in [0.29, 0.717) is 12.1 Å². The number of rotatable bonds is 3. The van der Waals surface area contributed by atoms with Crippen LogP contribution in [0.1, 0.15) is 24.8 Å². The molecule has 0 saturated carbocycles. The second-order valence-electron chi connectivity index (χ2n) is 4.46. The highest BCUT2D eigenvalue weighted by Gasteiger charge is 2.20. The maximum Gasteiger partial charge on any atom is 0.237 e. The van der Waals surface area contributed by atoms with Crippen LogP contribution in [0.5, 0.6) is 0 Å². The second-order valence-corrected chi connectivity index (χ2v) is 4.46. The predicted octanol–water partition coefficient (Wildman–Crippen LogP) is 1.72. The highest BCUT2D eigenvalue weighted by molar-refractivity contribution is 5.81. The molecule has 1 atom stereocenters. The Morgan fingerprint density at radius 1 is 1.33 bits per heavy atom. The normalized spacial score (nSPS) is 20.3. The average molecular weight is 254 g/mol. The standard InChI is InChI=1S/C13H16F2N2O/c14-10-5-4-9(11(15)7-10)8-17-12-3-1-2-6-16-13(12)18/h4-5,7,12,17H,1-3,6,8H2,(H,16,18)/t12-/m0/s1. The van der Waals surface area contributed by atoms with Crippen LogP contribution in [0, 0.1) is 11.6 Å². The third-order valence-electron chi connectivity index (χ3n) is 3.09. The summed E-state index contributed by atoms with van der Waals surface area (Å²) in [6, 6.07) is 3.17. The first-order valence-corrected chi connectivity index (χ1v) is 6.12. The average Bonchev–Trinajstić information content (AvgIpc) is 2.53. The molecule has 0 spiro atoms. The van der Waals surface area contributed by atoms with Crippen molar-refractivity contribution >= 4 is 5.91 Å².